The molecule has 4 N–H and O–H groups in total. The Bertz CT molecular complexity index is 1200. The van der Waals surface area contributed by atoms with Crippen LogP contribution in [-0.2, 0) is 33.3 Å². The maximum absolute atomic E-state index is 10.7. The fourth-order valence-electron chi connectivity index (χ4n) is 3.17. The van der Waals surface area contributed by atoms with Crippen molar-refractivity contribution in [1.29, 1.82) is 0 Å². The number of aldehydes is 1. The van der Waals surface area contributed by atoms with Gasteiger partial charge in [-0.25, -0.2) is 9.59 Å². The number of hydrogen-bond acceptors (Lipinski definition) is 14. The number of carbonyl (C=O) groups is 4. The Hall–Kier alpha value is -4.19. The van der Waals surface area contributed by atoms with Gasteiger partial charge >= 0.3 is 11.9 Å². The molecule has 0 aliphatic heterocycles. The number of nitrogens with zero attached hydrogens (tertiary/aromatic N) is 1. The highest BCUT2D eigenvalue weighted by Gasteiger charge is 2.02. The molecule has 0 amide bonds. The van der Waals surface area contributed by atoms with Crippen molar-refractivity contribution in [3.63, 3.8) is 0 Å². The Kier molecular flexibility index (Phi) is 41.7. The highest BCUT2D eigenvalue weighted by molar-refractivity contribution is 6.66. The molecular weight excluding hydrogens is 730 g/mol. The van der Waals surface area contributed by atoms with E-state index in [1.165, 1.54) is 43.9 Å². The fraction of sp³-hybridized carbons (Fsp3) is 0.474. The summed E-state index contributed by atoms with van der Waals surface area (Å²) in [4.78, 5) is 43.3. The van der Waals surface area contributed by atoms with E-state index in [1.54, 1.807) is 24.3 Å². The number of aliphatic hydroxyl groups is 2. The third-order valence-corrected chi connectivity index (χ3v) is 6.14. The second-order valence-corrected chi connectivity index (χ2v) is 10.2. The van der Waals surface area contributed by atoms with Gasteiger partial charge < -0.3 is 53.7 Å². The lowest BCUT2D eigenvalue weighted by molar-refractivity contribution is -0.139. The van der Waals surface area contributed by atoms with E-state index in [4.69, 9.17) is 60.4 Å². The number of aromatic hydroxyl groups is 1. The normalized spacial score (nSPS) is 9.61. The summed E-state index contributed by atoms with van der Waals surface area (Å²) >= 11 is 4.71. The molecular formula is C38H58ClNO14. The second-order valence-electron chi connectivity index (χ2n) is 9.78. The van der Waals surface area contributed by atoms with Crippen LogP contribution in [0.5, 0.6) is 11.5 Å². The number of aromatic carboxylic acids is 1. The summed E-state index contributed by atoms with van der Waals surface area (Å²) in [6.45, 7) is 20.2. The number of phenolic OH excluding ortho intramolecular Hbond substituents is 1. The number of rotatable bonds is 24. The minimum Gasteiger partial charge on any atom is -0.508 e. The third-order valence-electron chi connectivity index (χ3n) is 5.98. The summed E-state index contributed by atoms with van der Waals surface area (Å²) in [5.74, 6) is -0.683. The molecule has 0 heterocycles. The molecule has 2 rings (SSSR count). The highest BCUT2D eigenvalue weighted by Crippen LogP contribution is 2.12. The number of esters is 1. The van der Waals surface area contributed by atoms with Crippen LogP contribution in [0.4, 0.5) is 0 Å². The zero-order chi connectivity index (χ0) is 41.2. The smallest absolute Gasteiger partial charge is 0.335 e. The lowest BCUT2D eigenvalue weighted by Crippen LogP contribution is -2.21. The lowest BCUT2D eigenvalue weighted by atomic mass is 10.2. The van der Waals surface area contributed by atoms with E-state index in [-0.39, 0.29) is 31.1 Å². The zero-order valence-corrected chi connectivity index (χ0v) is 32.3. The molecule has 0 fully saturated rings. The molecule has 15 nitrogen and oxygen atoms in total. The number of phenols is 1. The summed E-state index contributed by atoms with van der Waals surface area (Å²) in [6.07, 6.45) is 2.87. The molecule has 306 valence electrons. The number of carbonyl (C=O) groups excluding carboxylic acids is 3. The van der Waals surface area contributed by atoms with E-state index >= 15 is 0 Å². The molecule has 0 spiro atoms. The van der Waals surface area contributed by atoms with Crippen molar-refractivity contribution in [3.8, 4) is 11.5 Å². The van der Waals surface area contributed by atoms with Gasteiger partial charge in [0.2, 0.25) is 5.24 Å². The van der Waals surface area contributed by atoms with Crippen LogP contribution in [0.15, 0.2) is 73.8 Å². The Balaban J connectivity index is -0.000000691. The van der Waals surface area contributed by atoms with Gasteiger partial charge in [-0.2, -0.15) is 0 Å². The fourth-order valence-corrected chi connectivity index (χ4v) is 3.17. The minimum atomic E-state index is -0.973. The molecule has 0 unspecified atom stereocenters. The average molecular weight is 788 g/mol. The molecule has 0 saturated carbocycles. The Morgan fingerprint density at radius 1 is 0.685 bits per heavy atom. The third kappa shape index (κ3) is 39.0. The van der Waals surface area contributed by atoms with Gasteiger partial charge in [0.05, 0.1) is 71.6 Å². The first-order valence-electron chi connectivity index (χ1n) is 17.1. The Labute approximate surface area is 323 Å². The number of carboxylic acid groups (broad SMARTS) is 1. The Morgan fingerprint density at radius 3 is 1.46 bits per heavy atom. The van der Waals surface area contributed by atoms with Gasteiger partial charge in [-0.1, -0.05) is 33.9 Å². The standard InChI is InChI=1S/C16H20O7.C7H6O2.C6H15N.C6H14O4.C3H3ClO/c1-2-15(17)23-12-10-21-8-7-20-9-11-22-14-5-3-13(4-6-14)16(18)19;8-5-6-1-3-7(9)4-2-6;1-4-7(5-2)6-3;7-1-3-9-5-6-10-4-2-8;1-2-3(4)5/h2-6H,1,7-12H2,(H,18,19);1-5,9H;4-6H2,1-3H3;7-8H,1-6H2;2H,1H2. The van der Waals surface area contributed by atoms with Crippen molar-refractivity contribution in [2.75, 3.05) is 98.9 Å². The van der Waals surface area contributed by atoms with Crippen LogP contribution in [0.1, 0.15) is 41.5 Å². The summed E-state index contributed by atoms with van der Waals surface area (Å²) in [5.41, 5.74) is 0.789. The number of aliphatic hydroxyl groups excluding tert-OH is 2. The summed E-state index contributed by atoms with van der Waals surface area (Å²) < 4.78 is 30.4. The van der Waals surface area contributed by atoms with Gasteiger partial charge in [0, 0.05) is 11.6 Å². The first-order chi connectivity index (χ1) is 26.0. The quantitative estimate of drug-likeness (QED) is 0.0390. The molecule has 2 aromatic rings. The van der Waals surface area contributed by atoms with Gasteiger partial charge in [0.25, 0.3) is 0 Å². The van der Waals surface area contributed by atoms with Gasteiger partial charge in [-0.05, 0) is 85.8 Å². The monoisotopic (exact) mass is 787 g/mol. The van der Waals surface area contributed by atoms with E-state index < -0.39 is 17.2 Å². The minimum absolute atomic E-state index is 0.0417. The van der Waals surface area contributed by atoms with Crippen molar-refractivity contribution in [3.05, 3.63) is 85.0 Å². The van der Waals surface area contributed by atoms with Crippen molar-refractivity contribution < 1.29 is 68.0 Å². The second kappa shape index (κ2) is 41.6. The number of halogens is 1. The largest absolute Gasteiger partial charge is 0.508 e. The van der Waals surface area contributed by atoms with E-state index in [2.05, 4.69) is 38.8 Å². The van der Waals surface area contributed by atoms with Crippen LogP contribution in [0.2, 0.25) is 0 Å². The predicted octanol–water partition coefficient (Wildman–Crippen LogP) is 4.02. The van der Waals surface area contributed by atoms with Crippen LogP contribution < -0.4 is 4.74 Å². The van der Waals surface area contributed by atoms with Crippen LogP contribution >= 0.6 is 11.6 Å². The van der Waals surface area contributed by atoms with Crippen LogP contribution in [0.3, 0.4) is 0 Å². The first kappa shape index (κ1) is 54.2. The summed E-state index contributed by atoms with van der Waals surface area (Å²) in [5, 5.41) is 33.5. The van der Waals surface area contributed by atoms with E-state index in [1.807, 2.05) is 0 Å². The number of benzene rings is 2. The molecule has 0 atom stereocenters. The molecule has 2 aromatic carbocycles. The van der Waals surface area contributed by atoms with Crippen LogP contribution in [0, 0.1) is 0 Å². The number of allylic oxidation sites excluding steroid dienone is 1. The summed E-state index contributed by atoms with van der Waals surface area (Å²) in [6, 6.07) is 12.2. The Morgan fingerprint density at radius 2 is 1.11 bits per heavy atom. The van der Waals surface area contributed by atoms with Gasteiger partial charge in [0.15, 0.2) is 0 Å². The van der Waals surface area contributed by atoms with E-state index in [9.17, 15) is 19.2 Å². The molecule has 0 aromatic heterocycles. The zero-order valence-electron chi connectivity index (χ0n) is 31.6. The molecule has 0 radical (unpaired) electrons. The van der Waals surface area contributed by atoms with Crippen molar-refractivity contribution in [2.45, 2.75) is 20.8 Å². The van der Waals surface area contributed by atoms with E-state index in [0.717, 1.165) is 18.4 Å². The number of hydrogen-bond donors (Lipinski definition) is 4. The number of carboxylic acids is 1. The molecule has 0 aliphatic carbocycles. The molecule has 54 heavy (non-hydrogen) atoms. The average Bonchev–Trinajstić information content (AvgIpc) is 3.19. The topological polar surface area (TPSA) is 208 Å². The van der Waals surface area contributed by atoms with Crippen molar-refractivity contribution in [1.82, 2.24) is 4.90 Å². The highest BCUT2D eigenvalue weighted by atomic mass is 35.5. The summed E-state index contributed by atoms with van der Waals surface area (Å²) in [7, 11) is 0. The van der Waals surface area contributed by atoms with Gasteiger partial charge in [-0.15, -0.1) is 0 Å². The van der Waals surface area contributed by atoms with Gasteiger partial charge in [0.1, 0.15) is 31.0 Å². The molecule has 16 heteroatoms. The van der Waals surface area contributed by atoms with Crippen molar-refractivity contribution in [2.24, 2.45) is 0 Å². The maximum atomic E-state index is 10.7. The van der Waals surface area contributed by atoms with Crippen LogP contribution in [-0.4, -0.2) is 148 Å². The van der Waals surface area contributed by atoms with Crippen LogP contribution in [0.25, 0.3) is 0 Å². The molecule has 0 aliphatic rings. The number of ether oxygens (including phenoxy) is 6. The maximum Gasteiger partial charge on any atom is 0.335 e. The lowest BCUT2D eigenvalue weighted by Gasteiger charge is -2.13. The van der Waals surface area contributed by atoms with E-state index in [0.29, 0.717) is 70.8 Å². The predicted molar refractivity (Wildman–Crippen MR) is 206 cm³/mol. The SMILES string of the molecule is C=CC(=O)Cl.C=CC(=O)OCCOCCOCCOc1ccc(C(=O)O)cc1.CCN(CC)CC.O=Cc1ccc(O)cc1.OCCOCCOCCO. The molecule has 0 saturated heterocycles. The van der Waals surface area contributed by atoms with Gasteiger partial charge in [-0.3, -0.25) is 9.59 Å². The first-order valence-corrected chi connectivity index (χ1v) is 17.4. The molecule has 0 bridgehead atoms. The van der Waals surface area contributed by atoms with Crippen molar-refractivity contribution >= 4 is 35.1 Å².